The third-order valence-corrected chi connectivity index (χ3v) is 3.68. The highest BCUT2D eigenvalue weighted by molar-refractivity contribution is 5.94. The van der Waals surface area contributed by atoms with E-state index in [9.17, 15) is 0 Å². The molecule has 3 aromatic heterocycles. The number of hydrogen-bond acceptors (Lipinski definition) is 2. The van der Waals surface area contributed by atoms with Crippen molar-refractivity contribution >= 4 is 22.1 Å². The van der Waals surface area contributed by atoms with Crippen LogP contribution in [0.5, 0.6) is 0 Å². The molecule has 4 rings (SSSR count). The minimum atomic E-state index is 0.756. The van der Waals surface area contributed by atoms with Crippen LogP contribution in [0, 0.1) is 6.92 Å². The zero-order valence-electron chi connectivity index (χ0n) is 11.1. The second-order valence-corrected chi connectivity index (χ2v) is 4.98. The van der Waals surface area contributed by atoms with E-state index < -0.39 is 0 Å². The quantitative estimate of drug-likeness (QED) is 0.552. The molecule has 3 heterocycles. The summed E-state index contributed by atoms with van der Waals surface area (Å²) < 4.78 is 2.08. The predicted molar refractivity (Wildman–Crippen MR) is 81.6 cm³/mol. The summed E-state index contributed by atoms with van der Waals surface area (Å²) in [6.45, 7) is 2.01. The summed E-state index contributed by atoms with van der Waals surface area (Å²) in [6, 6.07) is 12.1. The Labute approximate surface area is 115 Å². The minimum absolute atomic E-state index is 0.756. The third kappa shape index (κ3) is 1.45. The van der Waals surface area contributed by atoms with Gasteiger partial charge >= 0.3 is 0 Å². The van der Waals surface area contributed by atoms with Crippen LogP contribution in [0.15, 0.2) is 48.8 Å². The first-order valence-corrected chi connectivity index (χ1v) is 6.55. The van der Waals surface area contributed by atoms with Gasteiger partial charge in [0.05, 0.1) is 11.2 Å². The smallest absolute Gasteiger partial charge is 0.146 e. The number of imidazole rings is 1. The van der Waals surface area contributed by atoms with Gasteiger partial charge in [-0.05, 0) is 25.1 Å². The Morgan fingerprint density at radius 1 is 1.20 bits per heavy atom. The van der Waals surface area contributed by atoms with E-state index in [2.05, 4.69) is 21.5 Å². The zero-order valence-corrected chi connectivity index (χ0v) is 11.1. The Balaban J connectivity index is 2.08. The van der Waals surface area contributed by atoms with Crippen LogP contribution in [0.3, 0.4) is 0 Å². The molecule has 0 fully saturated rings. The molecule has 3 N–H and O–H groups in total. The van der Waals surface area contributed by atoms with Gasteiger partial charge < -0.3 is 10.7 Å². The second-order valence-electron chi connectivity index (χ2n) is 4.98. The van der Waals surface area contributed by atoms with Gasteiger partial charge in [-0.25, -0.2) is 4.98 Å². The maximum Gasteiger partial charge on any atom is 0.146 e. The fourth-order valence-corrected chi connectivity index (χ4v) is 2.70. The number of rotatable bonds is 1. The van der Waals surface area contributed by atoms with Crippen molar-refractivity contribution in [3.63, 3.8) is 0 Å². The van der Waals surface area contributed by atoms with Crippen LogP contribution in [-0.4, -0.2) is 14.4 Å². The SMILES string of the molecule is Cc1nc(-c2c[nH]c3ccccc23)n2ccc(N)cc12. The molecule has 0 unspecified atom stereocenters. The highest BCUT2D eigenvalue weighted by Crippen LogP contribution is 2.29. The van der Waals surface area contributed by atoms with Crippen molar-refractivity contribution in [2.45, 2.75) is 6.92 Å². The van der Waals surface area contributed by atoms with Crippen LogP contribution in [-0.2, 0) is 0 Å². The van der Waals surface area contributed by atoms with Gasteiger partial charge in [-0.3, -0.25) is 4.40 Å². The molecule has 0 spiro atoms. The first-order chi connectivity index (χ1) is 9.74. The number of aromatic amines is 1. The van der Waals surface area contributed by atoms with E-state index in [0.29, 0.717) is 0 Å². The number of nitrogen functional groups attached to an aromatic ring is 1. The Morgan fingerprint density at radius 2 is 2.05 bits per heavy atom. The summed E-state index contributed by atoms with van der Waals surface area (Å²) in [6.07, 6.45) is 3.98. The summed E-state index contributed by atoms with van der Waals surface area (Å²) in [7, 11) is 0. The Hall–Kier alpha value is -2.75. The van der Waals surface area contributed by atoms with Gasteiger partial charge in [-0.2, -0.15) is 0 Å². The molecule has 0 saturated carbocycles. The van der Waals surface area contributed by atoms with Crippen LogP contribution in [0.2, 0.25) is 0 Å². The highest BCUT2D eigenvalue weighted by Gasteiger charge is 2.13. The molecule has 0 radical (unpaired) electrons. The maximum atomic E-state index is 5.86. The van der Waals surface area contributed by atoms with Crippen LogP contribution >= 0.6 is 0 Å². The Kier molecular flexibility index (Phi) is 2.15. The fourth-order valence-electron chi connectivity index (χ4n) is 2.70. The van der Waals surface area contributed by atoms with Crippen LogP contribution in [0.1, 0.15) is 5.69 Å². The number of nitrogens with two attached hydrogens (primary N) is 1. The average molecular weight is 262 g/mol. The van der Waals surface area contributed by atoms with E-state index in [0.717, 1.165) is 33.8 Å². The van der Waals surface area contributed by atoms with E-state index in [1.165, 1.54) is 5.39 Å². The zero-order chi connectivity index (χ0) is 13.7. The van der Waals surface area contributed by atoms with E-state index in [1.807, 2.05) is 43.6 Å². The normalized spacial score (nSPS) is 11.4. The first kappa shape index (κ1) is 11.1. The number of aromatic nitrogens is 3. The lowest BCUT2D eigenvalue weighted by Crippen LogP contribution is -1.91. The molecular formula is C16H14N4. The summed E-state index contributed by atoms with van der Waals surface area (Å²) in [5, 5.41) is 1.18. The topological polar surface area (TPSA) is 59.1 Å². The number of hydrogen-bond donors (Lipinski definition) is 2. The number of anilines is 1. The fraction of sp³-hybridized carbons (Fsp3) is 0.0625. The first-order valence-electron chi connectivity index (χ1n) is 6.55. The number of pyridine rings is 1. The number of H-pyrrole nitrogens is 1. The van der Waals surface area contributed by atoms with Crippen LogP contribution in [0.25, 0.3) is 27.8 Å². The molecule has 4 heteroatoms. The second kappa shape index (κ2) is 3.87. The minimum Gasteiger partial charge on any atom is -0.399 e. The van der Waals surface area contributed by atoms with Crippen LogP contribution < -0.4 is 5.73 Å². The summed E-state index contributed by atoms with van der Waals surface area (Å²) in [5.74, 6) is 0.940. The summed E-state index contributed by atoms with van der Waals surface area (Å²) in [5.41, 5.74) is 10.9. The van der Waals surface area contributed by atoms with Gasteiger partial charge in [0.15, 0.2) is 0 Å². The molecule has 0 saturated heterocycles. The molecule has 0 amide bonds. The van der Waals surface area contributed by atoms with Crippen molar-refractivity contribution in [2.24, 2.45) is 0 Å². The van der Waals surface area contributed by atoms with Crippen molar-refractivity contribution in [2.75, 3.05) is 5.73 Å². The highest BCUT2D eigenvalue weighted by atomic mass is 15.0. The Morgan fingerprint density at radius 3 is 2.95 bits per heavy atom. The molecule has 0 atom stereocenters. The van der Waals surface area contributed by atoms with E-state index in [-0.39, 0.29) is 0 Å². The molecule has 4 nitrogen and oxygen atoms in total. The number of benzene rings is 1. The number of fused-ring (bicyclic) bond motifs is 2. The van der Waals surface area contributed by atoms with Gasteiger partial charge in [0, 0.05) is 34.5 Å². The number of para-hydroxylation sites is 1. The lowest BCUT2D eigenvalue weighted by atomic mass is 10.1. The molecule has 1 aromatic carbocycles. The van der Waals surface area contributed by atoms with E-state index in [1.54, 1.807) is 0 Å². The molecular weight excluding hydrogens is 248 g/mol. The lowest BCUT2D eigenvalue weighted by molar-refractivity contribution is 1.16. The summed E-state index contributed by atoms with van der Waals surface area (Å²) >= 11 is 0. The molecule has 0 aliphatic carbocycles. The predicted octanol–water partition coefficient (Wildman–Crippen LogP) is 3.37. The maximum absolute atomic E-state index is 5.86. The lowest BCUT2D eigenvalue weighted by Gasteiger charge is -2.01. The van der Waals surface area contributed by atoms with Crippen molar-refractivity contribution in [1.82, 2.24) is 14.4 Å². The number of aryl methyl sites for hydroxylation is 1. The van der Waals surface area contributed by atoms with E-state index >= 15 is 0 Å². The molecule has 0 bridgehead atoms. The molecule has 4 aromatic rings. The molecule has 0 aliphatic heterocycles. The summed E-state index contributed by atoms with van der Waals surface area (Å²) in [4.78, 5) is 8.00. The Bertz CT molecular complexity index is 930. The van der Waals surface area contributed by atoms with Crippen molar-refractivity contribution in [1.29, 1.82) is 0 Å². The number of nitrogens with zero attached hydrogens (tertiary/aromatic N) is 2. The average Bonchev–Trinajstić information content (AvgIpc) is 3.01. The van der Waals surface area contributed by atoms with Gasteiger partial charge in [0.25, 0.3) is 0 Å². The van der Waals surface area contributed by atoms with Crippen molar-refractivity contribution in [3.05, 3.63) is 54.5 Å². The number of nitrogens with one attached hydrogen (secondary N) is 1. The van der Waals surface area contributed by atoms with Crippen molar-refractivity contribution < 1.29 is 0 Å². The molecule has 98 valence electrons. The largest absolute Gasteiger partial charge is 0.399 e. The van der Waals surface area contributed by atoms with Crippen LogP contribution in [0.4, 0.5) is 5.69 Å². The van der Waals surface area contributed by atoms with E-state index in [4.69, 9.17) is 10.7 Å². The monoisotopic (exact) mass is 262 g/mol. The third-order valence-electron chi connectivity index (χ3n) is 3.68. The van der Waals surface area contributed by atoms with Gasteiger partial charge in [-0.15, -0.1) is 0 Å². The van der Waals surface area contributed by atoms with Gasteiger partial charge in [0.2, 0.25) is 0 Å². The molecule has 20 heavy (non-hydrogen) atoms. The van der Waals surface area contributed by atoms with Crippen molar-refractivity contribution in [3.8, 4) is 11.4 Å². The molecule has 0 aliphatic rings. The van der Waals surface area contributed by atoms with Gasteiger partial charge in [0.1, 0.15) is 5.82 Å². The standard InChI is InChI=1S/C16H14N4/c1-10-15-8-11(17)6-7-20(15)16(19-10)13-9-18-14-5-3-2-4-12(13)14/h2-9,18H,17H2,1H3. The van der Waals surface area contributed by atoms with Gasteiger partial charge in [-0.1, -0.05) is 18.2 Å².